The molecule has 40 heavy (non-hydrogen) atoms. The molecule has 198 valence electrons. The van der Waals surface area contributed by atoms with Gasteiger partial charge in [-0.2, -0.15) is 9.13 Å². The van der Waals surface area contributed by atoms with Gasteiger partial charge >= 0.3 is 0 Å². The summed E-state index contributed by atoms with van der Waals surface area (Å²) in [5.74, 6) is 0.349. The second kappa shape index (κ2) is 8.10. The first-order chi connectivity index (χ1) is 19.4. The Morgan fingerprint density at radius 3 is 2.45 bits per heavy atom. The quantitative estimate of drug-likeness (QED) is 0.211. The van der Waals surface area contributed by atoms with Gasteiger partial charge in [-0.1, -0.05) is 70.2 Å². The van der Waals surface area contributed by atoms with Crippen LogP contribution in [-0.4, -0.2) is 0 Å². The molecule has 3 heteroatoms. The summed E-state index contributed by atoms with van der Waals surface area (Å²) in [6.07, 6.45) is 6.54. The Morgan fingerprint density at radius 2 is 1.62 bits per heavy atom. The molecule has 0 saturated heterocycles. The van der Waals surface area contributed by atoms with E-state index in [9.17, 15) is 0 Å². The van der Waals surface area contributed by atoms with Crippen LogP contribution in [0.2, 0.25) is 0 Å². The van der Waals surface area contributed by atoms with E-state index in [1.165, 1.54) is 44.4 Å². The number of aromatic nitrogens is 2. The number of nitrogens with zero attached hydrogens (tertiary/aromatic N) is 2. The third-order valence-electron chi connectivity index (χ3n) is 10.7. The van der Waals surface area contributed by atoms with Crippen LogP contribution in [0.4, 0.5) is 4.39 Å². The summed E-state index contributed by atoms with van der Waals surface area (Å²) in [5.41, 5.74) is 9.16. The topological polar surface area (TPSA) is 7.76 Å². The molecule has 0 N–H and O–H groups in total. The van der Waals surface area contributed by atoms with Crippen LogP contribution in [0.5, 0.6) is 0 Å². The fourth-order valence-electron chi connectivity index (χ4n) is 8.90. The Bertz CT molecular complexity index is 1860. The Morgan fingerprint density at radius 1 is 0.825 bits per heavy atom. The zero-order chi connectivity index (χ0) is 27.4. The van der Waals surface area contributed by atoms with E-state index < -0.39 is 5.41 Å². The van der Waals surface area contributed by atoms with Crippen LogP contribution in [0.25, 0.3) is 33.3 Å². The molecule has 1 aliphatic carbocycles. The van der Waals surface area contributed by atoms with Crippen LogP contribution < -0.4 is 9.13 Å². The SMILES string of the molecule is CCC1(CC)C(C2C[n+]3ccccc3-c3ccccc32)c2ccc(F)c3c2-c2c4c(cccc4cc[n+]21)C3(C)C. The van der Waals surface area contributed by atoms with Crippen LogP contribution >= 0.6 is 0 Å². The van der Waals surface area contributed by atoms with E-state index in [2.05, 4.69) is 122 Å². The van der Waals surface area contributed by atoms with Crippen LogP contribution in [0.15, 0.2) is 91.3 Å². The number of hydrogen-bond acceptors (Lipinski definition) is 0. The predicted molar refractivity (Wildman–Crippen MR) is 158 cm³/mol. The lowest BCUT2D eigenvalue weighted by atomic mass is 9.59. The normalized spacial score (nSPS) is 20.6. The smallest absolute Gasteiger partial charge is 0.207 e. The molecule has 0 fully saturated rings. The minimum absolute atomic E-state index is 0.0928. The number of benzene rings is 3. The van der Waals surface area contributed by atoms with Gasteiger partial charge in [0.25, 0.3) is 0 Å². The molecular formula is C37H35FN2+2. The van der Waals surface area contributed by atoms with E-state index in [4.69, 9.17) is 0 Å². The van der Waals surface area contributed by atoms with Gasteiger partial charge in [0, 0.05) is 47.6 Å². The van der Waals surface area contributed by atoms with E-state index in [0.29, 0.717) is 0 Å². The van der Waals surface area contributed by atoms with Crippen LogP contribution in [0, 0.1) is 5.82 Å². The summed E-state index contributed by atoms with van der Waals surface area (Å²) in [5, 5.41) is 2.53. The number of pyridine rings is 2. The molecule has 2 aliphatic heterocycles. The molecular weight excluding hydrogens is 491 g/mol. The first-order valence-corrected chi connectivity index (χ1v) is 14.8. The van der Waals surface area contributed by atoms with Gasteiger partial charge in [0.15, 0.2) is 24.5 Å². The van der Waals surface area contributed by atoms with Crippen molar-refractivity contribution >= 4 is 10.8 Å². The first-order valence-electron chi connectivity index (χ1n) is 14.8. The molecule has 0 saturated carbocycles. The van der Waals surface area contributed by atoms with Gasteiger partial charge in [-0.15, -0.1) is 0 Å². The summed E-state index contributed by atoms with van der Waals surface area (Å²) < 4.78 is 21.1. The lowest BCUT2D eigenvalue weighted by molar-refractivity contribution is -0.765. The second-order valence-electron chi connectivity index (χ2n) is 12.5. The highest BCUT2D eigenvalue weighted by atomic mass is 19.1. The molecule has 5 aromatic rings. The third-order valence-corrected chi connectivity index (χ3v) is 10.7. The lowest BCUT2D eigenvalue weighted by Gasteiger charge is -2.47. The van der Waals surface area contributed by atoms with Crippen molar-refractivity contribution in [2.45, 2.75) is 69.9 Å². The van der Waals surface area contributed by atoms with Gasteiger partial charge in [-0.25, -0.2) is 4.39 Å². The number of halogens is 1. The van der Waals surface area contributed by atoms with Crippen LogP contribution in [-0.2, 0) is 17.5 Å². The molecule has 8 rings (SSSR count). The van der Waals surface area contributed by atoms with Gasteiger partial charge in [0.1, 0.15) is 5.82 Å². The standard InChI is InChI=1S/C37H35FN2/c1-5-37(6-2)33(27-22-39-20-10-9-16-30(39)25-14-8-7-13-24(25)27)26-17-18-29(38)34-32(26)35-31-23(19-21-40(35)37)12-11-15-28(31)36(34,3)4/h7-21,27,33H,5-6,22H2,1-4H3/q+2. The summed E-state index contributed by atoms with van der Waals surface area (Å²) in [4.78, 5) is 0. The van der Waals surface area contributed by atoms with Crippen molar-refractivity contribution in [3.8, 4) is 22.5 Å². The van der Waals surface area contributed by atoms with Crippen LogP contribution in [0.3, 0.4) is 0 Å². The molecule has 2 aromatic heterocycles. The second-order valence-corrected chi connectivity index (χ2v) is 12.5. The number of hydrogen-bond donors (Lipinski definition) is 0. The summed E-state index contributed by atoms with van der Waals surface area (Å²) in [6.45, 7) is 10.0. The van der Waals surface area contributed by atoms with Gasteiger partial charge in [0.2, 0.25) is 11.4 Å². The van der Waals surface area contributed by atoms with Crippen molar-refractivity contribution in [3.05, 3.63) is 119 Å². The number of rotatable bonds is 3. The van der Waals surface area contributed by atoms with E-state index in [1.807, 2.05) is 0 Å². The summed E-state index contributed by atoms with van der Waals surface area (Å²) in [7, 11) is 0. The summed E-state index contributed by atoms with van der Waals surface area (Å²) >= 11 is 0. The van der Waals surface area contributed by atoms with Gasteiger partial charge < -0.3 is 0 Å². The van der Waals surface area contributed by atoms with E-state index in [-0.39, 0.29) is 23.2 Å². The fraction of sp³-hybridized carbons (Fsp3) is 0.297. The van der Waals surface area contributed by atoms with Crippen molar-refractivity contribution in [1.82, 2.24) is 0 Å². The van der Waals surface area contributed by atoms with E-state index in [0.717, 1.165) is 30.5 Å². The molecule has 2 unspecified atom stereocenters. The molecule has 4 heterocycles. The highest BCUT2D eigenvalue weighted by molar-refractivity contribution is 6.01. The zero-order valence-corrected chi connectivity index (χ0v) is 23.7. The van der Waals surface area contributed by atoms with Crippen LogP contribution in [0.1, 0.15) is 74.6 Å². The maximum Gasteiger partial charge on any atom is 0.221 e. The molecule has 0 spiro atoms. The molecule has 3 aromatic carbocycles. The maximum absolute atomic E-state index is 16.1. The average molecular weight is 527 g/mol. The number of fused-ring (bicyclic) bond motifs is 3. The Labute approximate surface area is 235 Å². The molecule has 0 radical (unpaired) electrons. The highest BCUT2D eigenvalue weighted by Crippen LogP contribution is 2.59. The van der Waals surface area contributed by atoms with Crippen molar-refractivity contribution in [3.63, 3.8) is 0 Å². The van der Waals surface area contributed by atoms with Gasteiger partial charge in [0.05, 0.1) is 22.8 Å². The van der Waals surface area contributed by atoms with Crippen molar-refractivity contribution in [2.24, 2.45) is 0 Å². The van der Waals surface area contributed by atoms with Crippen molar-refractivity contribution in [1.29, 1.82) is 0 Å². The molecule has 3 aliphatic rings. The Balaban J connectivity index is 1.51. The molecule has 2 atom stereocenters. The summed E-state index contributed by atoms with van der Waals surface area (Å²) in [6, 6.07) is 28.3. The Hall–Kier alpha value is -3.85. The largest absolute Gasteiger partial charge is 0.221 e. The van der Waals surface area contributed by atoms with E-state index in [1.54, 1.807) is 6.07 Å². The first kappa shape index (κ1) is 24.0. The average Bonchev–Trinajstić information content (AvgIpc) is 2.98. The molecule has 0 bridgehead atoms. The maximum atomic E-state index is 16.1. The lowest BCUT2D eigenvalue weighted by Crippen LogP contribution is -2.64. The minimum atomic E-state index is -0.435. The molecule has 2 nitrogen and oxygen atoms in total. The fourth-order valence-corrected chi connectivity index (χ4v) is 8.90. The zero-order valence-electron chi connectivity index (χ0n) is 23.7. The molecule has 0 amide bonds. The van der Waals surface area contributed by atoms with Gasteiger partial charge in [-0.3, -0.25) is 0 Å². The third kappa shape index (κ3) is 2.78. The minimum Gasteiger partial charge on any atom is -0.207 e. The van der Waals surface area contributed by atoms with Crippen molar-refractivity contribution in [2.75, 3.05) is 0 Å². The highest BCUT2D eigenvalue weighted by Gasteiger charge is 2.59. The van der Waals surface area contributed by atoms with E-state index >= 15 is 4.39 Å². The monoisotopic (exact) mass is 526 g/mol. The van der Waals surface area contributed by atoms with Gasteiger partial charge in [-0.05, 0) is 40.3 Å². The van der Waals surface area contributed by atoms with Crippen molar-refractivity contribution < 1.29 is 13.5 Å². The Kier molecular flexibility index (Phi) is 4.86. The predicted octanol–water partition coefficient (Wildman–Crippen LogP) is 7.94.